The van der Waals surface area contributed by atoms with Gasteiger partial charge in [-0.3, -0.25) is 4.90 Å². The second-order valence-corrected chi connectivity index (χ2v) is 4.87. The van der Waals surface area contributed by atoms with Gasteiger partial charge in [0.1, 0.15) is 5.76 Å². The molecule has 0 radical (unpaired) electrons. The Balaban J connectivity index is 1.94. The van der Waals surface area contributed by atoms with Crippen LogP contribution in [0.5, 0.6) is 0 Å². The van der Waals surface area contributed by atoms with Gasteiger partial charge in [0.15, 0.2) is 0 Å². The molecule has 4 nitrogen and oxygen atoms in total. The zero-order valence-corrected chi connectivity index (χ0v) is 10.9. The van der Waals surface area contributed by atoms with Crippen molar-refractivity contribution >= 4 is 0 Å². The molecule has 2 heterocycles. The third-order valence-corrected chi connectivity index (χ3v) is 3.18. The number of furan rings is 1. The molecule has 96 valence electrons. The van der Waals surface area contributed by atoms with Crippen LogP contribution in [0.4, 0.5) is 0 Å². The average Bonchev–Trinajstić information content (AvgIpc) is 2.72. The van der Waals surface area contributed by atoms with Crippen molar-refractivity contribution in [2.24, 2.45) is 0 Å². The van der Waals surface area contributed by atoms with E-state index in [0.717, 1.165) is 32.0 Å². The van der Waals surface area contributed by atoms with Crippen molar-refractivity contribution in [3.8, 4) is 0 Å². The Hall–Kier alpha value is -0.840. The Kier molecular flexibility index (Phi) is 4.20. The minimum Gasteiger partial charge on any atom is -0.468 e. The van der Waals surface area contributed by atoms with Gasteiger partial charge >= 0.3 is 0 Å². The van der Waals surface area contributed by atoms with Gasteiger partial charge in [0.25, 0.3) is 0 Å². The van der Waals surface area contributed by atoms with E-state index in [9.17, 15) is 0 Å². The molecule has 0 spiro atoms. The van der Waals surface area contributed by atoms with Crippen LogP contribution in [0, 0.1) is 0 Å². The number of hydrogen-bond donors (Lipinski definition) is 1. The fourth-order valence-corrected chi connectivity index (χ4v) is 2.20. The molecule has 1 aliphatic rings. The van der Waals surface area contributed by atoms with Gasteiger partial charge in [-0.05, 0) is 27.0 Å². The first kappa shape index (κ1) is 12.6. The lowest BCUT2D eigenvalue weighted by Crippen LogP contribution is -2.46. The maximum absolute atomic E-state index is 5.62. The lowest BCUT2D eigenvalue weighted by molar-refractivity contribution is -0.0545. The van der Waals surface area contributed by atoms with Crippen LogP contribution >= 0.6 is 0 Å². The quantitative estimate of drug-likeness (QED) is 0.864. The highest BCUT2D eigenvalue weighted by Crippen LogP contribution is 2.17. The summed E-state index contributed by atoms with van der Waals surface area (Å²) in [7, 11) is 1.94. The summed E-state index contributed by atoms with van der Waals surface area (Å²) in [6.45, 7) is 7.84. The summed E-state index contributed by atoms with van der Waals surface area (Å²) in [6, 6.07) is 2.59. The monoisotopic (exact) mass is 238 g/mol. The molecule has 0 bridgehead atoms. The van der Waals surface area contributed by atoms with Crippen molar-refractivity contribution in [1.82, 2.24) is 10.2 Å². The average molecular weight is 238 g/mol. The number of rotatable bonds is 4. The van der Waals surface area contributed by atoms with E-state index in [1.54, 1.807) is 0 Å². The van der Waals surface area contributed by atoms with Crippen LogP contribution in [0.2, 0.25) is 0 Å². The van der Waals surface area contributed by atoms with E-state index in [1.807, 2.05) is 13.3 Å². The highest BCUT2D eigenvalue weighted by Gasteiger charge is 2.24. The van der Waals surface area contributed by atoms with Gasteiger partial charge in [0, 0.05) is 24.7 Å². The Morgan fingerprint density at radius 3 is 3.06 bits per heavy atom. The Labute approximate surface area is 103 Å². The first-order valence-electron chi connectivity index (χ1n) is 6.25. The topological polar surface area (TPSA) is 37.6 Å². The van der Waals surface area contributed by atoms with E-state index < -0.39 is 0 Å². The summed E-state index contributed by atoms with van der Waals surface area (Å²) in [6.07, 6.45) is 2.15. The molecule has 0 saturated carbocycles. The molecule has 0 aliphatic carbocycles. The second-order valence-electron chi connectivity index (χ2n) is 4.87. The Morgan fingerprint density at radius 2 is 2.29 bits per heavy atom. The van der Waals surface area contributed by atoms with Crippen molar-refractivity contribution in [3.63, 3.8) is 0 Å². The van der Waals surface area contributed by atoms with Crippen LogP contribution in [-0.2, 0) is 17.8 Å². The van der Waals surface area contributed by atoms with E-state index in [4.69, 9.17) is 9.15 Å². The summed E-state index contributed by atoms with van der Waals surface area (Å²) < 4.78 is 11.2. The van der Waals surface area contributed by atoms with Crippen LogP contribution in [0.1, 0.15) is 25.2 Å². The van der Waals surface area contributed by atoms with E-state index in [-0.39, 0.29) is 0 Å². The zero-order valence-electron chi connectivity index (χ0n) is 10.9. The van der Waals surface area contributed by atoms with Gasteiger partial charge < -0.3 is 14.5 Å². The maximum Gasteiger partial charge on any atom is 0.118 e. The lowest BCUT2D eigenvalue weighted by Gasteiger charge is -2.36. The van der Waals surface area contributed by atoms with E-state index in [2.05, 4.69) is 30.1 Å². The van der Waals surface area contributed by atoms with Crippen LogP contribution < -0.4 is 5.32 Å². The van der Waals surface area contributed by atoms with Crippen LogP contribution in [0.3, 0.4) is 0 Å². The standard InChI is InChI=1S/C13H22N2O2/c1-10-8-16-11(2)6-15(10)7-13-4-12(5-14-3)9-17-13/h4,9-11,14H,5-8H2,1-3H3. The predicted octanol–water partition coefficient (Wildman–Crippen LogP) is 1.61. The zero-order chi connectivity index (χ0) is 12.3. The fourth-order valence-electron chi connectivity index (χ4n) is 2.20. The van der Waals surface area contributed by atoms with Gasteiger partial charge in [-0.1, -0.05) is 0 Å². The van der Waals surface area contributed by atoms with Gasteiger partial charge in [-0.25, -0.2) is 0 Å². The predicted molar refractivity (Wildman–Crippen MR) is 66.8 cm³/mol. The second kappa shape index (κ2) is 5.67. The summed E-state index contributed by atoms with van der Waals surface area (Å²) in [4.78, 5) is 2.41. The van der Waals surface area contributed by atoms with Crippen LogP contribution in [-0.4, -0.2) is 37.2 Å². The number of nitrogens with one attached hydrogen (secondary N) is 1. The molecule has 4 heteroatoms. The molecule has 2 atom stereocenters. The molecular weight excluding hydrogens is 216 g/mol. The van der Waals surface area contributed by atoms with Crippen molar-refractivity contribution in [2.75, 3.05) is 20.2 Å². The molecule has 0 aromatic carbocycles. The number of nitrogens with zero attached hydrogens (tertiary/aromatic N) is 1. The summed E-state index contributed by atoms with van der Waals surface area (Å²) in [5.41, 5.74) is 1.21. The number of hydrogen-bond acceptors (Lipinski definition) is 4. The van der Waals surface area contributed by atoms with E-state index >= 15 is 0 Å². The minimum absolute atomic E-state index is 0.318. The van der Waals surface area contributed by atoms with E-state index in [0.29, 0.717) is 12.1 Å². The molecule has 1 fully saturated rings. The van der Waals surface area contributed by atoms with E-state index in [1.165, 1.54) is 5.56 Å². The Morgan fingerprint density at radius 1 is 1.47 bits per heavy atom. The maximum atomic E-state index is 5.62. The summed E-state index contributed by atoms with van der Waals surface area (Å²) in [5.74, 6) is 1.04. The fraction of sp³-hybridized carbons (Fsp3) is 0.692. The third kappa shape index (κ3) is 3.31. The highest BCUT2D eigenvalue weighted by molar-refractivity contribution is 5.12. The Bertz CT molecular complexity index is 351. The van der Waals surface area contributed by atoms with Gasteiger partial charge in [0.05, 0.1) is 25.5 Å². The van der Waals surface area contributed by atoms with Crippen LogP contribution in [0.15, 0.2) is 16.7 Å². The molecule has 1 aromatic heterocycles. The number of morpholine rings is 1. The van der Waals surface area contributed by atoms with Crippen molar-refractivity contribution in [3.05, 3.63) is 23.7 Å². The molecule has 1 aliphatic heterocycles. The molecular formula is C13H22N2O2. The molecule has 2 unspecified atom stereocenters. The largest absolute Gasteiger partial charge is 0.468 e. The minimum atomic E-state index is 0.318. The summed E-state index contributed by atoms with van der Waals surface area (Å²) in [5, 5.41) is 3.12. The van der Waals surface area contributed by atoms with Gasteiger partial charge in [-0.15, -0.1) is 0 Å². The molecule has 1 saturated heterocycles. The molecule has 0 amide bonds. The van der Waals surface area contributed by atoms with Crippen LogP contribution in [0.25, 0.3) is 0 Å². The molecule has 1 aromatic rings. The SMILES string of the molecule is CNCc1coc(CN2CC(C)OCC2C)c1. The smallest absolute Gasteiger partial charge is 0.118 e. The van der Waals surface area contributed by atoms with Gasteiger partial charge in [0.2, 0.25) is 0 Å². The molecule has 1 N–H and O–H groups in total. The van der Waals surface area contributed by atoms with Crippen molar-refractivity contribution in [1.29, 1.82) is 0 Å². The first-order valence-corrected chi connectivity index (χ1v) is 6.25. The first-order chi connectivity index (χ1) is 8.19. The molecule has 17 heavy (non-hydrogen) atoms. The number of ether oxygens (including phenoxy) is 1. The summed E-state index contributed by atoms with van der Waals surface area (Å²) >= 11 is 0. The third-order valence-electron chi connectivity index (χ3n) is 3.18. The lowest BCUT2D eigenvalue weighted by atomic mass is 10.2. The molecule has 2 rings (SSSR count). The van der Waals surface area contributed by atoms with Gasteiger partial charge in [-0.2, -0.15) is 0 Å². The normalized spacial score (nSPS) is 26.3. The van der Waals surface area contributed by atoms with Crippen molar-refractivity contribution < 1.29 is 9.15 Å². The highest BCUT2D eigenvalue weighted by atomic mass is 16.5. The van der Waals surface area contributed by atoms with Crippen molar-refractivity contribution in [2.45, 2.75) is 39.1 Å².